The molecule has 244 valence electrons. The molecule has 0 saturated carbocycles. The van der Waals surface area contributed by atoms with E-state index in [4.69, 9.17) is 4.74 Å². The summed E-state index contributed by atoms with van der Waals surface area (Å²) in [5.41, 5.74) is 3.87. The van der Waals surface area contributed by atoms with Crippen LogP contribution in [0.15, 0.2) is 85.2 Å². The van der Waals surface area contributed by atoms with Gasteiger partial charge in [0.25, 0.3) is 5.91 Å². The van der Waals surface area contributed by atoms with E-state index in [0.717, 1.165) is 40.7 Å². The molecule has 3 saturated heterocycles. The summed E-state index contributed by atoms with van der Waals surface area (Å²) in [4.78, 5) is 42.3. The number of H-pyrrole nitrogens is 1. The predicted octanol–water partition coefficient (Wildman–Crippen LogP) is 4.35. The second-order valence-corrected chi connectivity index (χ2v) is 12.8. The molecule has 48 heavy (non-hydrogen) atoms. The molecule has 0 radical (unpaired) electrons. The molecular weight excluding hydrogens is 611 g/mol. The van der Waals surface area contributed by atoms with Gasteiger partial charge >= 0.3 is 0 Å². The first-order chi connectivity index (χ1) is 23.4. The molecule has 12 heteroatoms. The highest BCUT2D eigenvalue weighted by molar-refractivity contribution is 6.01. The van der Waals surface area contributed by atoms with Crippen LogP contribution < -0.4 is 10.2 Å². The molecule has 5 heterocycles. The number of piperazine rings is 1. The van der Waals surface area contributed by atoms with E-state index in [0.29, 0.717) is 43.3 Å². The third kappa shape index (κ3) is 5.46. The standard InChI is InChI=1S/C36H35FN8O3/c1-48-36(35(47)40-26-9-12-31-30(17-26)33(42-41-31)23-3-7-25(37)8-4-23)13-16-43(22-36)21-32(46)45-20-28-18-29(45)19-44(28)27-10-5-24(6-11-27)34-38-14-2-15-39-34/h2-12,14-15,17,28-29H,13,16,18-22H2,1H3,(H,40,47)(H,41,42)/t28-,29-,36+/m1/s1. The summed E-state index contributed by atoms with van der Waals surface area (Å²) in [5, 5.41) is 11.2. The van der Waals surface area contributed by atoms with Gasteiger partial charge in [0.15, 0.2) is 11.4 Å². The van der Waals surface area contributed by atoms with Gasteiger partial charge < -0.3 is 19.9 Å². The minimum Gasteiger partial charge on any atom is -0.367 e. The van der Waals surface area contributed by atoms with Crippen LogP contribution in [0, 0.1) is 5.82 Å². The summed E-state index contributed by atoms with van der Waals surface area (Å²) in [6.07, 6.45) is 4.90. The number of nitrogens with one attached hydrogen (secondary N) is 2. The lowest BCUT2D eigenvalue weighted by Crippen LogP contribution is -2.52. The van der Waals surface area contributed by atoms with Gasteiger partial charge in [-0.3, -0.25) is 19.6 Å². The van der Waals surface area contributed by atoms with Crippen molar-refractivity contribution in [2.24, 2.45) is 0 Å². The summed E-state index contributed by atoms with van der Waals surface area (Å²) >= 11 is 0. The number of anilines is 2. The van der Waals surface area contributed by atoms with Crippen LogP contribution in [0.4, 0.5) is 15.8 Å². The van der Waals surface area contributed by atoms with Gasteiger partial charge in [-0.05, 0) is 85.6 Å². The average Bonchev–Trinajstić information content (AvgIpc) is 3.93. The van der Waals surface area contributed by atoms with Crippen LogP contribution >= 0.6 is 0 Å². The molecule has 2 amide bonds. The minimum absolute atomic E-state index is 0.0877. The number of nitrogens with zero attached hydrogens (tertiary/aromatic N) is 6. The molecule has 3 aromatic carbocycles. The van der Waals surface area contributed by atoms with E-state index in [2.05, 4.69) is 42.5 Å². The van der Waals surface area contributed by atoms with E-state index >= 15 is 0 Å². The molecule has 3 aliphatic rings. The fourth-order valence-electron chi connectivity index (χ4n) is 7.42. The number of halogens is 1. The lowest BCUT2D eigenvalue weighted by atomic mass is 10.0. The van der Waals surface area contributed by atoms with Crippen LogP contribution in [0.1, 0.15) is 12.8 Å². The predicted molar refractivity (Wildman–Crippen MR) is 180 cm³/mol. The average molecular weight is 647 g/mol. The van der Waals surface area contributed by atoms with E-state index in [-0.39, 0.29) is 36.3 Å². The summed E-state index contributed by atoms with van der Waals surface area (Å²) in [6.45, 7) is 2.63. The highest BCUT2D eigenvalue weighted by Crippen LogP contribution is 2.36. The lowest BCUT2D eigenvalue weighted by Gasteiger charge is -2.36. The smallest absolute Gasteiger partial charge is 0.258 e. The van der Waals surface area contributed by atoms with Crippen molar-refractivity contribution in [2.45, 2.75) is 30.5 Å². The number of amides is 2. The van der Waals surface area contributed by atoms with Gasteiger partial charge in [-0.2, -0.15) is 5.10 Å². The van der Waals surface area contributed by atoms with Gasteiger partial charge in [-0.15, -0.1) is 0 Å². The number of benzene rings is 3. The molecule has 2 aromatic heterocycles. The SMILES string of the molecule is CO[C@@]1(C(=O)Nc2ccc3[nH]nc(-c4ccc(F)cc4)c3c2)CCN(CC(=O)N2C[C@H]3C[C@@H]2CN3c2ccc(-c3ncccn3)cc2)C1. The van der Waals surface area contributed by atoms with Crippen LogP contribution in [0.5, 0.6) is 0 Å². The number of aromatic nitrogens is 4. The van der Waals surface area contributed by atoms with Gasteiger partial charge in [0.2, 0.25) is 5.91 Å². The van der Waals surface area contributed by atoms with Gasteiger partial charge in [-0.1, -0.05) is 0 Å². The van der Waals surface area contributed by atoms with E-state index in [1.807, 2.05) is 40.1 Å². The highest BCUT2D eigenvalue weighted by atomic mass is 19.1. The van der Waals surface area contributed by atoms with Crippen molar-refractivity contribution in [2.75, 3.05) is 50.1 Å². The maximum absolute atomic E-state index is 13.7. The summed E-state index contributed by atoms with van der Waals surface area (Å²) in [7, 11) is 1.55. The van der Waals surface area contributed by atoms with Crippen LogP contribution in [-0.2, 0) is 14.3 Å². The molecule has 5 aromatic rings. The zero-order valence-electron chi connectivity index (χ0n) is 26.5. The molecule has 11 nitrogen and oxygen atoms in total. The first-order valence-corrected chi connectivity index (χ1v) is 16.2. The summed E-state index contributed by atoms with van der Waals surface area (Å²) in [5.74, 6) is 0.214. The van der Waals surface area contributed by atoms with Crippen molar-refractivity contribution in [1.29, 1.82) is 0 Å². The second kappa shape index (κ2) is 12.1. The molecule has 8 rings (SSSR count). The Morgan fingerprint density at radius 1 is 1.00 bits per heavy atom. The highest BCUT2D eigenvalue weighted by Gasteiger charge is 2.48. The normalized spacial score (nSPS) is 22.1. The molecule has 0 unspecified atom stereocenters. The number of likely N-dealkylation sites (tertiary alicyclic amines) is 2. The first kappa shape index (κ1) is 30.2. The van der Waals surface area contributed by atoms with Gasteiger partial charge in [-0.25, -0.2) is 14.4 Å². The maximum atomic E-state index is 13.7. The summed E-state index contributed by atoms with van der Waals surface area (Å²) in [6, 6.07) is 22.2. The van der Waals surface area contributed by atoms with Crippen LogP contribution in [0.3, 0.4) is 0 Å². The van der Waals surface area contributed by atoms with Gasteiger partial charge in [0.1, 0.15) is 5.82 Å². The Morgan fingerprint density at radius 3 is 2.50 bits per heavy atom. The van der Waals surface area contributed by atoms with Crippen LogP contribution in [0.25, 0.3) is 33.5 Å². The largest absolute Gasteiger partial charge is 0.367 e. The number of hydrogen-bond donors (Lipinski definition) is 2. The Morgan fingerprint density at radius 2 is 1.77 bits per heavy atom. The molecular formula is C36H35FN8O3. The van der Waals surface area contributed by atoms with E-state index < -0.39 is 5.60 Å². The number of aromatic amines is 1. The Balaban J connectivity index is 0.884. The number of carbonyl (C=O) groups is 2. The lowest BCUT2D eigenvalue weighted by molar-refractivity contribution is -0.138. The number of ether oxygens (including phenoxy) is 1. The zero-order valence-corrected chi connectivity index (χ0v) is 26.5. The Labute approximate surface area is 276 Å². The van der Waals surface area contributed by atoms with E-state index in [1.165, 1.54) is 12.1 Å². The van der Waals surface area contributed by atoms with Crippen molar-refractivity contribution in [3.8, 4) is 22.6 Å². The first-order valence-electron chi connectivity index (χ1n) is 16.2. The van der Waals surface area contributed by atoms with Crippen molar-refractivity contribution < 1.29 is 18.7 Å². The number of rotatable bonds is 8. The fourth-order valence-corrected chi connectivity index (χ4v) is 7.42. The topological polar surface area (TPSA) is 120 Å². The Bertz CT molecular complexity index is 1970. The molecule has 3 atom stereocenters. The van der Waals surface area contributed by atoms with E-state index in [1.54, 1.807) is 37.7 Å². The zero-order chi connectivity index (χ0) is 32.8. The molecule has 0 aliphatic carbocycles. The van der Waals surface area contributed by atoms with Crippen molar-refractivity contribution in [3.63, 3.8) is 0 Å². The Hall–Kier alpha value is -5.20. The summed E-state index contributed by atoms with van der Waals surface area (Å²) < 4.78 is 19.3. The third-order valence-corrected chi connectivity index (χ3v) is 10.00. The number of carbonyl (C=O) groups excluding carboxylic acids is 2. The number of fused-ring (bicyclic) bond motifs is 3. The molecule has 3 aliphatic heterocycles. The monoisotopic (exact) mass is 646 g/mol. The molecule has 2 N–H and O–H groups in total. The van der Waals surface area contributed by atoms with Crippen LogP contribution in [-0.4, -0.2) is 99.3 Å². The molecule has 0 spiro atoms. The second-order valence-electron chi connectivity index (χ2n) is 12.8. The number of methoxy groups -OCH3 is 1. The quantitative estimate of drug-likeness (QED) is 0.256. The molecule has 3 fully saturated rings. The number of hydrogen-bond acceptors (Lipinski definition) is 8. The van der Waals surface area contributed by atoms with Crippen molar-refractivity contribution in [3.05, 3.63) is 91.0 Å². The van der Waals surface area contributed by atoms with Gasteiger partial charge in [0.05, 0.1) is 23.8 Å². The third-order valence-electron chi connectivity index (χ3n) is 10.00. The maximum Gasteiger partial charge on any atom is 0.258 e. The van der Waals surface area contributed by atoms with Crippen molar-refractivity contribution in [1.82, 2.24) is 30.0 Å². The molecule has 2 bridgehead atoms. The van der Waals surface area contributed by atoms with Gasteiger partial charge in [0, 0.05) is 79.6 Å². The van der Waals surface area contributed by atoms with Crippen LogP contribution in [0.2, 0.25) is 0 Å². The van der Waals surface area contributed by atoms with Crippen molar-refractivity contribution >= 4 is 34.1 Å². The van der Waals surface area contributed by atoms with E-state index in [9.17, 15) is 14.0 Å². The fraction of sp³-hybridized carbons (Fsp3) is 0.306. The minimum atomic E-state index is -1.08. The Kier molecular flexibility index (Phi) is 7.61.